The van der Waals surface area contributed by atoms with Crippen LogP contribution in [0.3, 0.4) is 0 Å². The lowest BCUT2D eigenvalue weighted by atomic mass is 9.48. The van der Waals surface area contributed by atoms with E-state index in [2.05, 4.69) is 33.0 Å². The summed E-state index contributed by atoms with van der Waals surface area (Å²) >= 11 is 5.66. The molecule has 3 N–H and O–H groups in total. The molecule has 2 rings (SSSR count). The van der Waals surface area contributed by atoms with Crippen LogP contribution in [0.2, 0.25) is 5.22 Å². The first kappa shape index (κ1) is 13.4. The van der Waals surface area contributed by atoms with Crippen LogP contribution in [0.5, 0.6) is 0 Å². The van der Waals surface area contributed by atoms with E-state index in [0.29, 0.717) is 0 Å². The Bertz CT molecular complexity index is 463. The quantitative estimate of drug-likeness (QED) is 0.867. The fraction of sp³-hybridized carbons (Fsp3) is 0.615. The molecule has 1 aliphatic rings. The first-order valence-electron chi connectivity index (χ1n) is 5.99. The zero-order chi connectivity index (χ0) is 13.7. The van der Waals surface area contributed by atoms with Crippen LogP contribution in [0.25, 0.3) is 0 Å². The minimum absolute atomic E-state index is 0.0105. The number of hydrogen-bond donors (Lipinski definition) is 2. The van der Waals surface area contributed by atoms with Crippen molar-refractivity contribution in [3.8, 4) is 0 Å². The Hall–Kier alpha value is -1.00. The standard InChI is InChI=1S/C13H19ClN2O2/c1-12(2)10(15)13(3,4)11(12)16-9(17)7-5-6-8(14)18-7/h5-6,10-11H,15H2,1-4H3,(H,16,17). The first-order chi connectivity index (χ1) is 8.17. The Labute approximate surface area is 112 Å². The maximum Gasteiger partial charge on any atom is 0.287 e. The van der Waals surface area contributed by atoms with E-state index in [9.17, 15) is 4.79 Å². The molecular formula is C13H19ClN2O2. The zero-order valence-electron chi connectivity index (χ0n) is 11.1. The van der Waals surface area contributed by atoms with Gasteiger partial charge in [0.1, 0.15) is 0 Å². The lowest BCUT2D eigenvalue weighted by molar-refractivity contribution is -0.0666. The Morgan fingerprint density at radius 1 is 1.33 bits per heavy atom. The van der Waals surface area contributed by atoms with E-state index >= 15 is 0 Å². The fourth-order valence-electron chi connectivity index (χ4n) is 3.19. The van der Waals surface area contributed by atoms with Gasteiger partial charge >= 0.3 is 0 Å². The molecule has 0 unspecified atom stereocenters. The van der Waals surface area contributed by atoms with Crippen LogP contribution < -0.4 is 11.1 Å². The van der Waals surface area contributed by atoms with Gasteiger partial charge in [-0.1, -0.05) is 27.7 Å². The van der Waals surface area contributed by atoms with E-state index in [4.69, 9.17) is 21.8 Å². The minimum atomic E-state index is -0.250. The fourth-order valence-corrected chi connectivity index (χ4v) is 3.34. The van der Waals surface area contributed by atoms with Crippen LogP contribution in [0, 0.1) is 10.8 Å². The summed E-state index contributed by atoms with van der Waals surface area (Å²) in [6.45, 7) is 8.23. The molecule has 0 aliphatic heterocycles. The Balaban J connectivity index is 2.13. The average Bonchev–Trinajstić information content (AvgIpc) is 2.71. The second kappa shape index (κ2) is 4.00. The van der Waals surface area contributed by atoms with E-state index in [1.54, 1.807) is 12.1 Å². The van der Waals surface area contributed by atoms with Crippen molar-refractivity contribution in [3.63, 3.8) is 0 Å². The van der Waals surface area contributed by atoms with Gasteiger partial charge in [0.05, 0.1) is 0 Å². The van der Waals surface area contributed by atoms with Crippen molar-refractivity contribution < 1.29 is 9.21 Å². The number of rotatable bonds is 2. The van der Waals surface area contributed by atoms with Crippen LogP contribution in [-0.2, 0) is 0 Å². The molecule has 4 nitrogen and oxygen atoms in total. The van der Waals surface area contributed by atoms with Crippen molar-refractivity contribution in [2.75, 3.05) is 0 Å². The molecule has 1 aliphatic carbocycles. The number of nitrogens with one attached hydrogen (secondary N) is 1. The molecule has 1 fully saturated rings. The van der Waals surface area contributed by atoms with Gasteiger partial charge in [-0.3, -0.25) is 4.79 Å². The van der Waals surface area contributed by atoms with Crippen LogP contribution in [0.4, 0.5) is 0 Å². The molecule has 0 saturated heterocycles. The van der Waals surface area contributed by atoms with Gasteiger partial charge in [-0.05, 0) is 23.7 Å². The Morgan fingerprint density at radius 3 is 2.33 bits per heavy atom. The molecule has 0 spiro atoms. The maximum absolute atomic E-state index is 12.0. The van der Waals surface area contributed by atoms with Gasteiger partial charge in [0.15, 0.2) is 11.0 Å². The SMILES string of the molecule is CC1(C)C(N)C(C)(C)C1NC(=O)c1ccc(Cl)o1. The number of hydrogen-bond acceptors (Lipinski definition) is 3. The number of halogens is 1. The van der Waals surface area contributed by atoms with Crippen molar-refractivity contribution in [2.24, 2.45) is 16.6 Å². The Kier molecular flexibility index (Phi) is 2.98. The predicted octanol–water partition coefficient (Wildman–Crippen LogP) is 2.42. The highest BCUT2D eigenvalue weighted by molar-refractivity contribution is 6.29. The van der Waals surface area contributed by atoms with E-state index in [1.807, 2.05) is 0 Å². The molecule has 18 heavy (non-hydrogen) atoms. The van der Waals surface area contributed by atoms with E-state index in [1.165, 1.54) is 0 Å². The van der Waals surface area contributed by atoms with Gasteiger partial charge in [0, 0.05) is 22.9 Å². The number of carbonyl (C=O) groups is 1. The van der Waals surface area contributed by atoms with Crippen LogP contribution in [0.15, 0.2) is 16.5 Å². The van der Waals surface area contributed by atoms with E-state index in [0.717, 1.165) is 0 Å². The van der Waals surface area contributed by atoms with Crippen LogP contribution in [-0.4, -0.2) is 18.0 Å². The molecular weight excluding hydrogens is 252 g/mol. The molecule has 1 amide bonds. The van der Waals surface area contributed by atoms with E-state index in [-0.39, 0.29) is 39.8 Å². The van der Waals surface area contributed by atoms with E-state index < -0.39 is 0 Å². The molecule has 5 heteroatoms. The van der Waals surface area contributed by atoms with Gasteiger partial charge in [-0.25, -0.2) is 0 Å². The summed E-state index contributed by atoms with van der Waals surface area (Å²) in [5.41, 5.74) is 5.89. The molecule has 0 atom stereocenters. The predicted molar refractivity (Wildman–Crippen MR) is 70.5 cm³/mol. The van der Waals surface area contributed by atoms with Gasteiger partial charge in [0.2, 0.25) is 0 Å². The normalized spacial score (nSPS) is 28.6. The summed E-state index contributed by atoms with van der Waals surface area (Å²) in [6, 6.07) is 3.18. The summed E-state index contributed by atoms with van der Waals surface area (Å²) in [5.74, 6) is -0.0213. The molecule has 0 aromatic carbocycles. The molecule has 100 valence electrons. The summed E-state index contributed by atoms with van der Waals surface area (Å²) in [5, 5.41) is 3.20. The highest BCUT2D eigenvalue weighted by Gasteiger charge is 2.60. The average molecular weight is 271 g/mol. The monoisotopic (exact) mass is 270 g/mol. The number of nitrogens with two attached hydrogens (primary N) is 1. The van der Waals surface area contributed by atoms with Crippen LogP contribution in [0.1, 0.15) is 38.2 Å². The highest BCUT2D eigenvalue weighted by Crippen LogP contribution is 2.52. The van der Waals surface area contributed by atoms with Crippen LogP contribution >= 0.6 is 11.6 Å². The molecule has 0 radical (unpaired) electrons. The highest BCUT2D eigenvalue weighted by atomic mass is 35.5. The topological polar surface area (TPSA) is 68.3 Å². The second-order valence-electron chi connectivity index (χ2n) is 6.13. The Morgan fingerprint density at radius 2 is 1.89 bits per heavy atom. The third-order valence-corrected chi connectivity index (χ3v) is 4.37. The second-order valence-corrected chi connectivity index (χ2v) is 6.50. The van der Waals surface area contributed by atoms with Crippen molar-refractivity contribution in [2.45, 2.75) is 39.8 Å². The van der Waals surface area contributed by atoms with Gasteiger partial charge in [-0.2, -0.15) is 0 Å². The summed E-state index contributed by atoms with van der Waals surface area (Å²) < 4.78 is 5.10. The zero-order valence-corrected chi connectivity index (χ0v) is 11.8. The molecule has 1 heterocycles. The third-order valence-electron chi connectivity index (χ3n) is 4.16. The number of furan rings is 1. The molecule has 1 aromatic heterocycles. The van der Waals surface area contributed by atoms with Crippen molar-refractivity contribution in [1.82, 2.24) is 5.32 Å². The lowest BCUT2D eigenvalue weighted by Crippen LogP contribution is -2.76. The van der Waals surface area contributed by atoms with Gasteiger partial charge in [-0.15, -0.1) is 0 Å². The minimum Gasteiger partial charge on any atom is -0.440 e. The largest absolute Gasteiger partial charge is 0.440 e. The van der Waals surface area contributed by atoms with Crippen molar-refractivity contribution >= 4 is 17.5 Å². The summed E-state index contributed by atoms with van der Waals surface area (Å²) in [7, 11) is 0. The third kappa shape index (κ3) is 1.84. The summed E-state index contributed by atoms with van der Waals surface area (Å²) in [6.07, 6.45) is 0. The molecule has 0 bridgehead atoms. The van der Waals surface area contributed by atoms with Gasteiger partial charge in [0.25, 0.3) is 5.91 Å². The maximum atomic E-state index is 12.0. The van der Waals surface area contributed by atoms with Crippen molar-refractivity contribution in [3.05, 3.63) is 23.1 Å². The lowest BCUT2D eigenvalue weighted by Gasteiger charge is -2.62. The molecule has 1 aromatic rings. The summed E-state index contributed by atoms with van der Waals surface area (Å²) in [4.78, 5) is 12.0. The van der Waals surface area contributed by atoms with Crippen molar-refractivity contribution in [1.29, 1.82) is 0 Å². The number of amides is 1. The number of carbonyl (C=O) groups excluding carboxylic acids is 1. The first-order valence-corrected chi connectivity index (χ1v) is 6.37. The smallest absolute Gasteiger partial charge is 0.287 e. The van der Waals surface area contributed by atoms with Gasteiger partial charge < -0.3 is 15.5 Å². The molecule has 1 saturated carbocycles.